The molecule has 112 valence electrons. The van der Waals surface area contributed by atoms with E-state index in [1.807, 2.05) is 26.0 Å². The molecule has 2 aromatic rings. The van der Waals surface area contributed by atoms with Crippen molar-refractivity contribution in [1.29, 1.82) is 0 Å². The average Bonchev–Trinajstić information content (AvgIpc) is 2.47. The van der Waals surface area contributed by atoms with Gasteiger partial charge in [0.25, 0.3) is 10.1 Å². The molecule has 0 saturated carbocycles. The van der Waals surface area contributed by atoms with Gasteiger partial charge in [0.1, 0.15) is 5.75 Å². The fourth-order valence-electron chi connectivity index (χ4n) is 1.87. The van der Waals surface area contributed by atoms with E-state index >= 15 is 0 Å². The maximum Gasteiger partial charge on any atom is 0.297 e. The van der Waals surface area contributed by atoms with E-state index in [0.29, 0.717) is 5.75 Å². The van der Waals surface area contributed by atoms with Crippen LogP contribution in [-0.4, -0.2) is 15.5 Å². The lowest BCUT2D eigenvalue weighted by Gasteiger charge is -2.09. The zero-order valence-electron chi connectivity index (χ0n) is 12.3. The van der Waals surface area contributed by atoms with Gasteiger partial charge in [0.15, 0.2) is 0 Å². The van der Waals surface area contributed by atoms with Gasteiger partial charge in [-0.05, 0) is 43.2 Å². The van der Waals surface area contributed by atoms with Gasteiger partial charge in [-0.15, -0.1) is 0 Å². The molecule has 0 radical (unpaired) electrons. The molecule has 0 spiro atoms. The smallest absolute Gasteiger partial charge is 0.297 e. The molecular weight excluding hydrogens is 288 g/mol. The first-order valence-electron chi connectivity index (χ1n) is 6.52. The van der Waals surface area contributed by atoms with E-state index in [9.17, 15) is 8.42 Å². The Balaban J connectivity index is 2.13. The molecule has 0 aliphatic carbocycles. The maximum atomic E-state index is 12.1. The molecule has 0 aliphatic rings. The maximum absolute atomic E-state index is 12.1. The largest absolute Gasteiger partial charge is 0.496 e. The Morgan fingerprint density at radius 3 is 2.29 bits per heavy atom. The zero-order valence-corrected chi connectivity index (χ0v) is 13.1. The van der Waals surface area contributed by atoms with E-state index in [1.165, 1.54) is 0 Å². The Kier molecular flexibility index (Phi) is 4.65. The highest BCUT2D eigenvalue weighted by molar-refractivity contribution is 7.86. The lowest BCUT2D eigenvalue weighted by molar-refractivity contribution is 0.307. The van der Waals surface area contributed by atoms with Gasteiger partial charge < -0.3 is 4.74 Å². The highest BCUT2D eigenvalue weighted by atomic mass is 32.2. The summed E-state index contributed by atoms with van der Waals surface area (Å²) in [7, 11) is -2.17. The van der Waals surface area contributed by atoms with Gasteiger partial charge in [0.2, 0.25) is 0 Å². The highest BCUT2D eigenvalue weighted by Crippen LogP contribution is 2.21. The lowest BCUT2D eigenvalue weighted by Crippen LogP contribution is -2.06. The highest BCUT2D eigenvalue weighted by Gasteiger charge is 2.15. The quantitative estimate of drug-likeness (QED) is 0.796. The second kappa shape index (κ2) is 6.28. The van der Waals surface area contributed by atoms with Crippen molar-refractivity contribution in [2.45, 2.75) is 25.3 Å². The van der Waals surface area contributed by atoms with Crippen LogP contribution in [-0.2, 0) is 20.9 Å². The van der Waals surface area contributed by atoms with Crippen molar-refractivity contribution in [2.24, 2.45) is 0 Å². The molecule has 21 heavy (non-hydrogen) atoms. The van der Waals surface area contributed by atoms with Crippen molar-refractivity contribution in [3.05, 3.63) is 59.2 Å². The molecule has 0 N–H and O–H groups in total. The molecule has 0 aromatic heterocycles. The molecule has 0 fully saturated rings. The van der Waals surface area contributed by atoms with Crippen molar-refractivity contribution < 1.29 is 17.3 Å². The summed E-state index contributed by atoms with van der Waals surface area (Å²) in [6.07, 6.45) is 0. The standard InChI is InChI=1S/C16H18O4S/c1-12-4-8-15(9-5-12)21(17,18)20-11-14-7-6-13(2)16(10-14)19-3/h4-10H,11H2,1-3H3. The molecule has 0 atom stereocenters. The summed E-state index contributed by atoms with van der Waals surface area (Å²) in [4.78, 5) is 0.159. The number of benzene rings is 2. The number of hydrogen-bond donors (Lipinski definition) is 0. The number of rotatable bonds is 5. The van der Waals surface area contributed by atoms with Crippen LogP contribution in [0.5, 0.6) is 5.75 Å². The van der Waals surface area contributed by atoms with Crippen LogP contribution in [0.1, 0.15) is 16.7 Å². The van der Waals surface area contributed by atoms with Crippen LogP contribution >= 0.6 is 0 Å². The third-order valence-corrected chi connectivity index (χ3v) is 4.44. The molecule has 0 saturated heterocycles. The first-order valence-corrected chi connectivity index (χ1v) is 7.93. The van der Waals surface area contributed by atoms with Crippen molar-refractivity contribution in [3.63, 3.8) is 0 Å². The molecule has 5 heteroatoms. The second-order valence-electron chi connectivity index (χ2n) is 4.83. The summed E-state index contributed by atoms with van der Waals surface area (Å²) in [6.45, 7) is 3.80. The van der Waals surface area contributed by atoms with Crippen molar-refractivity contribution in [2.75, 3.05) is 7.11 Å². The van der Waals surface area contributed by atoms with E-state index in [4.69, 9.17) is 8.92 Å². The molecule has 0 aliphatic heterocycles. The lowest BCUT2D eigenvalue weighted by atomic mass is 10.1. The third-order valence-electron chi connectivity index (χ3n) is 3.16. The van der Waals surface area contributed by atoms with Crippen LogP contribution < -0.4 is 4.74 Å². The van der Waals surface area contributed by atoms with Gasteiger partial charge in [0.05, 0.1) is 18.6 Å². The fourth-order valence-corrected chi connectivity index (χ4v) is 2.77. The van der Waals surface area contributed by atoms with Crippen molar-refractivity contribution in [3.8, 4) is 5.75 Å². The molecule has 0 amide bonds. The van der Waals surface area contributed by atoms with E-state index < -0.39 is 10.1 Å². The van der Waals surface area contributed by atoms with Crippen LogP contribution in [0.2, 0.25) is 0 Å². The molecular formula is C16H18O4S. The van der Waals surface area contributed by atoms with Crippen LogP contribution in [0.25, 0.3) is 0 Å². The summed E-state index contributed by atoms with van der Waals surface area (Å²) < 4.78 is 34.5. The Morgan fingerprint density at radius 1 is 1.00 bits per heavy atom. The third kappa shape index (κ3) is 3.83. The van der Waals surface area contributed by atoms with Crippen molar-refractivity contribution >= 4 is 10.1 Å². The number of hydrogen-bond acceptors (Lipinski definition) is 4. The van der Waals surface area contributed by atoms with Gasteiger partial charge in [-0.3, -0.25) is 4.18 Å². The number of ether oxygens (including phenoxy) is 1. The van der Waals surface area contributed by atoms with Gasteiger partial charge >= 0.3 is 0 Å². The Bertz CT molecular complexity index is 718. The normalized spacial score (nSPS) is 11.4. The molecule has 2 aromatic carbocycles. The predicted octanol–water partition coefficient (Wildman–Crippen LogP) is 3.22. The molecule has 0 bridgehead atoms. The minimum Gasteiger partial charge on any atom is -0.496 e. The summed E-state index contributed by atoms with van der Waals surface area (Å²) in [5.41, 5.74) is 2.73. The first kappa shape index (κ1) is 15.5. The summed E-state index contributed by atoms with van der Waals surface area (Å²) in [6, 6.07) is 12.0. The second-order valence-corrected chi connectivity index (χ2v) is 6.45. The van der Waals surface area contributed by atoms with Crippen LogP contribution in [0, 0.1) is 13.8 Å². The van der Waals surface area contributed by atoms with Crippen LogP contribution in [0.3, 0.4) is 0 Å². The van der Waals surface area contributed by atoms with E-state index in [2.05, 4.69) is 0 Å². The zero-order chi connectivity index (χ0) is 15.5. The molecule has 2 rings (SSSR count). The predicted molar refractivity (Wildman–Crippen MR) is 80.9 cm³/mol. The van der Waals surface area contributed by atoms with Gasteiger partial charge in [-0.25, -0.2) is 0 Å². The minimum atomic E-state index is -3.75. The average molecular weight is 306 g/mol. The molecule has 4 nitrogen and oxygen atoms in total. The monoisotopic (exact) mass is 306 g/mol. The van der Waals surface area contributed by atoms with Gasteiger partial charge in [0, 0.05) is 0 Å². The van der Waals surface area contributed by atoms with Crippen LogP contribution in [0.15, 0.2) is 47.4 Å². The Hall–Kier alpha value is -1.85. The Labute approximate surface area is 125 Å². The summed E-state index contributed by atoms with van der Waals surface area (Å²) >= 11 is 0. The Morgan fingerprint density at radius 2 is 1.67 bits per heavy atom. The minimum absolute atomic E-state index is 0.0210. The number of methoxy groups -OCH3 is 1. The van der Waals surface area contributed by atoms with E-state index in [1.54, 1.807) is 37.4 Å². The fraction of sp³-hybridized carbons (Fsp3) is 0.250. The van der Waals surface area contributed by atoms with Crippen molar-refractivity contribution in [1.82, 2.24) is 0 Å². The van der Waals surface area contributed by atoms with E-state index in [-0.39, 0.29) is 11.5 Å². The SMILES string of the molecule is COc1cc(COS(=O)(=O)c2ccc(C)cc2)ccc1C. The number of aryl methyl sites for hydroxylation is 2. The van der Waals surface area contributed by atoms with E-state index in [0.717, 1.165) is 16.7 Å². The summed E-state index contributed by atoms with van der Waals surface area (Å²) in [5.74, 6) is 0.712. The first-order chi connectivity index (χ1) is 9.92. The molecule has 0 unspecified atom stereocenters. The molecule has 0 heterocycles. The topological polar surface area (TPSA) is 52.6 Å². The summed E-state index contributed by atoms with van der Waals surface area (Å²) in [5, 5.41) is 0. The van der Waals surface area contributed by atoms with Crippen LogP contribution in [0.4, 0.5) is 0 Å². The van der Waals surface area contributed by atoms with Gasteiger partial charge in [-0.1, -0.05) is 29.8 Å². The van der Waals surface area contributed by atoms with Gasteiger partial charge in [-0.2, -0.15) is 8.42 Å².